The molecule has 0 aliphatic heterocycles. The summed E-state index contributed by atoms with van der Waals surface area (Å²) in [6.45, 7) is 0.562. The van der Waals surface area contributed by atoms with Crippen molar-refractivity contribution in [3.63, 3.8) is 0 Å². The second-order valence-corrected chi connectivity index (χ2v) is 6.63. The van der Waals surface area contributed by atoms with Crippen LogP contribution in [0.4, 0.5) is 5.82 Å². The molecule has 2 heterocycles. The van der Waals surface area contributed by atoms with E-state index in [1.807, 2.05) is 57.4 Å². The van der Waals surface area contributed by atoms with E-state index in [4.69, 9.17) is 0 Å². The molecular formula is C21H24N4O. The molecule has 0 fully saturated rings. The van der Waals surface area contributed by atoms with Gasteiger partial charge < -0.3 is 14.4 Å². The number of anilines is 1. The van der Waals surface area contributed by atoms with Crippen LogP contribution in [0.3, 0.4) is 0 Å². The van der Waals surface area contributed by atoms with E-state index in [-0.39, 0.29) is 5.91 Å². The van der Waals surface area contributed by atoms with Gasteiger partial charge in [-0.2, -0.15) is 0 Å². The van der Waals surface area contributed by atoms with Gasteiger partial charge in [-0.15, -0.1) is 0 Å². The maximum atomic E-state index is 12.4. The Bertz CT molecular complexity index is 938. The normalized spacial score (nSPS) is 11.2. The van der Waals surface area contributed by atoms with E-state index in [1.54, 1.807) is 23.2 Å². The van der Waals surface area contributed by atoms with Crippen LogP contribution in [0.25, 0.3) is 17.0 Å². The van der Waals surface area contributed by atoms with Crippen LogP contribution < -0.4 is 4.90 Å². The largest absolute Gasteiger partial charge is 0.363 e. The van der Waals surface area contributed by atoms with E-state index in [2.05, 4.69) is 27.8 Å². The highest BCUT2D eigenvalue weighted by atomic mass is 16.2. The first kappa shape index (κ1) is 17.7. The zero-order chi connectivity index (χ0) is 18.7. The Morgan fingerprint density at radius 1 is 1.15 bits per heavy atom. The van der Waals surface area contributed by atoms with E-state index >= 15 is 0 Å². The maximum absolute atomic E-state index is 12.4. The number of rotatable bonds is 5. The molecule has 0 aliphatic rings. The number of benzene rings is 1. The summed E-state index contributed by atoms with van der Waals surface area (Å²) in [5, 5.41) is 1.19. The Morgan fingerprint density at radius 2 is 1.92 bits per heavy atom. The molecule has 1 aromatic carbocycles. The van der Waals surface area contributed by atoms with Gasteiger partial charge in [0.25, 0.3) is 0 Å². The Hall–Kier alpha value is -3.08. The third-order valence-corrected chi connectivity index (χ3v) is 4.47. The van der Waals surface area contributed by atoms with Gasteiger partial charge in [0.15, 0.2) is 0 Å². The van der Waals surface area contributed by atoms with Crippen molar-refractivity contribution in [1.29, 1.82) is 0 Å². The highest BCUT2D eigenvalue weighted by Gasteiger charge is 2.10. The molecule has 0 aliphatic carbocycles. The van der Waals surface area contributed by atoms with Crippen molar-refractivity contribution in [2.24, 2.45) is 7.05 Å². The summed E-state index contributed by atoms with van der Waals surface area (Å²) in [7, 11) is 7.74. The Balaban J connectivity index is 1.68. The minimum Gasteiger partial charge on any atom is -0.363 e. The molecule has 26 heavy (non-hydrogen) atoms. The number of carbonyl (C=O) groups is 1. The van der Waals surface area contributed by atoms with Crippen molar-refractivity contribution < 1.29 is 4.79 Å². The molecule has 5 nitrogen and oxygen atoms in total. The number of hydrogen-bond donors (Lipinski definition) is 0. The van der Waals surface area contributed by atoms with Gasteiger partial charge in [0.1, 0.15) is 5.82 Å². The lowest BCUT2D eigenvalue weighted by Gasteiger charge is -2.16. The van der Waals surface area contributed by atoms with E-state index in [0.717, 1.165) is 17.1 Å². The molecule has 0 bridgehead atoms. The summed E-state index contributed by atoms with van der Waals surface area (Å²) < 4.78 is 2.13. The SMILES string of the molecule is CN(Cc1cc2ccccc2n1C)C(=O)C=Cc1ccc(N(C)C)nc1. The fourth-order valence-corrected chi connectivity index (χ4v) is 2.87. The summed E-state index contributed by atoms with van der Waals surface area (Å²) in [5.41, 5.74) is 3.18. The first-order valence-electron chi connectivity index (χ1n) is 8.55. The van der Waals surface area contributed by atoms with Crippen LogP contribution in [0.15, 0.2) is 54.7 Å². The highest BCUT2D eigenvalue weighted by molar-refractivity contribution is 5.91. The fourth-order valence-electron chi connectivity index (χ4n) is 2.87. The number of nitrogens with zero attached hydrogens (tertiary/aromatic N) is 4. The molecule has 0 saturated carbocycles. The molecule has 5 heteroatoms. The van der Waals surface area contributed by atoms with Crippen molar-refractivity contribution in [3.05, 3.63) is 66.0 Å². The fraction of sp³-hybridized carbons (Fsp3) is 0.238. The van der Waals surface area contributed by atoms with Crippen molar-refractivity contribution in [2.45, 2.75) is 6.54 Å². The summed E-state index contributed by atoms with van der Waals surface area (Å²) in [6.07, 6.45) is 5.16. The van der Waals surface area contributed by atoms with Crippen molar-refractivity contribution in [1.82, 2.24) is 14.5 Å². The second-order valence-electron chi connectivity index (χ2n) is 6.63. The lowest BCUT2D eigenvalue weighted by Crippen LogP contribution is -2.25. The first-order chi connectivity index (χ1) is 12.5. The number of likely N-dealkylation sites (N-methyl/N-ethyl adjacent to an activating group) is 1. The molecule has 134 valence electrons. The molecular weight excluding hydrogens is 324 g/mol. The van der Waals surface area contributed by atoms with Crippen LogP contribution in [0, 0.1) is 0 Å². The molecule has 1 amide bonds. The van der Waals surface area contributed by atoms with Crippen LogP contribution >= 0.6 is 0 Å². The number of amides is 1. The average molecular weight is 348 g/mol. The van der Waals surface area contributed by atoms with Gasteiger partial charge >= 0.3 is 0 Å². The number of para-hydroxylation sites is 1. The quantitative estimate of drug-likeness (QED) is 0.664. The third kappa shape index (κ3) is 3.77. The Labute approximate surface area is 154 Å². The summed E-state index contributed by atoms with van der Waals surface area (Å²) in [4.78, 5) is 20.4. The number of hydrogen-bond acceptors (Lipinski definition) is 3. The lowest BCUT2D eigenvalue weighted by molar-refractivity contribution is -0.125. The summed E-state index contributed by atoms with van der Waals surface area (Å²) in [6, 6.07) is 14.3. The van der Waals surface area contributed by atoms with E-state index in [1.165, 1.54) is 10.9 Å². The van der Waals surface area contributed by atoms with Gasteiger partial charge in [-0.25, -0.2) is 4.98 Å². The standard InChI is InChI=1S/C21H24N4O/c1-23(2)20-11-9-16(14-22-20)10-12-21(26)24(3)15-18-13-17-7-5-6-8-19(17)25(18)4/h5-14H,15H2,1-4H3. The molecule has 3 rings (SSSR count). The number of aryl methyl sites for hydroxylation is 1. The van der Waals surface area contributed by atoms with Crippen molar-refractivity contribution >= 4 is 28.7 Å². The van der Waals surface area contributed by atoms with Gasteiger partial charge in [0.2, 0.25) is 5.91 Å². The van der Waals surface area contributed by atoms with Crippen molar-refractivity contribution in [3.8, 4) is 0 Å². The molecule has 0 saturated heterocycles. The molecule has 0 atom stereocenters. The van der Waals surface area contributed by atoms with Gasteiger partial charge in [-0.3, -0.25) is 4.79 Å². The Kier molecular flexibility index (Phi) is 5.07. The van der Waals surface area contributed by atoms with Crippen LogP contribution in [-0.2, 0) is 18.4 Å². The van der Waals surface area contributed by atoms with E-state index < -0.39 is 0 Å². The monoisotopic (exact) mass is 348 g/mol. The second kappa shape index (κ2) is 7.44. The molecule has 2 aromatic heterocycles. The molecule has 3 aromatic rings. The van der Waals surface area contributed by atoms with Crippen LogP contribution in [0.5, 0.6) is 0 Å². The number of pyridine rings is 1. The third-order valence-electron chi connectivity index (χ3n) is 4.47. The highest BCUT2D eigenvalue weighted by Crippen LogP contribution is 2.19. The number of carbonyl (C=O) groups excluding carboxylic acids is 1. The minimum atomic E-state index is -0.0352. The molecule has 0 N–H and O–H groups in total. The average Bonchev–Trinajstić information content (AvgIpc) is 2.96. The predicted molar refractivity (Wildman–Crippen MR) is 107 cm³/mol. The van der Waals surface area contributed by atoms with E-state index in [9.17, 15) is 4.79 Å². The molecule has 0 unspecified atom stereocenters. The van der Waals surface area contributed by atoms with Gasteiger partial charge in [-0.05, 0) is 41.3 Å². The lowest BCUT2D eigenvalue weighted by atomic mass is 10.2. The van der Waals surface area contributed by atoms with Crippen molar-refractivity contribution in [2.75, 3.05) is 26.0 Å². The predicted octanol–water partition coefficient (Wildman–Crippen LogP) is 3.31. The number of fused-ring (bicyclic) bond motifs is 1. The van der Waals surface area contributed by atoms with E-state index in [0.29, 0.717) is 6.54 Å². The van der Waals surface area contributed by atoms with Gasteiger partial charge in [0, 0.05) is 51.7 Å². The molecule has 0 radical (unpaired) electrons. The van der Waals surface area contributed by atoms with Gasteiger partial charge in [0.05, 0.1) is 6.54 Å². The topological polar surface area (TPSA) is 41.4 Å². The first-order valence-corrected chi connectivity index (χ1v) is 8.55. The zero-order valence-electron chi connectivity index (χ0n) is 15.7. The maximum Gasteiger partial charge on any atom is 0.246 e. The summed E-state index contributed by atoms with van der Waals surface area (Å²) >= 11 is 0. The van der Waals surface area contributed by atoms with Crippen LogP contribution in [0.2, 0.25) is 0 Å². The zero-order valence-corrected chi connectivity index (χ0v) is 15.7. The van der Waals surface area contributed by atoms with Crippen LogP contribution in [-0.4, -0.2) is 41.5 Å². The van der Waals surface area contributed by atoms with Crippen LogP contribution in [0.1, 0.15) is 11.3 Å². The minimum absolute atomic E-state index is 0.0352. The Morgan fingerprint density at radius 3 is 2.58 bits per heavy atom. The number of aromatic nitrogens is 2. The van der Waals surface area contributed by atoms with Gasteiger partial charge in [-0.1, -0.05) is 18.2 Å². The molecule has 0 spiro atoms. The summed E-state index contributed by atoms with van der Waals surface area (Å²) in [5.74, 6) is 0.855. The smallest absolute Gasteiger partial charge is 0.246 e.